The smallest absolute Gasteiger partial charge is 0.145 e. The number of para-hydroxylation sites is 1. The van der Waals surface area contributed by atoms with Gasteiger partial charge in [-0.05, 0) is 81.9 Å². The van der Waals surface area contributed by atoms with Gasteiger partial charge in [-0.25, -0.2) is 0 Å². The summed E-state index contributed by atoms with van der Waals surface area (Å²) in [5.41, 5.74) is 13.7. The monoisotopic (exact) mass is 733 g/mol. The van der Waals surface area contributed by atoms with Crippen molar-refractivity contribution >= 4 is 64.7 Å². The number of nitrogens with zero attached hydrogens (tertiary/aromatic N) is 2. The summed E-state index contributed by atoms with van der Waals surface area (Å²) in [5, 5.41) is 8.78. The van der Waals surface area contributed by atoms with E-state index in [9.17, 15) is 0 Å². The summed E-state index contributed by atoms with van der Waals surface area (Å²) >= 11 is 1.86. The fourth-order valence-corrected chi connectivity index (χ4v) is 9.31. The van der Waals surface area contributed by atoms with Gasteiger partial charge in [-0.3, -0.25) is 4.99 Å². The minimum atomic E-state index is -0.244. The van der Waals surface area contributed by atoms with Gasteiger partial charge in [-0.15, -0.1) is 11.3 Å². The minimum absolute atomic E-state index is 0.244. The summed E-state index contributed by atoms with van der Waals surface area (Å²) in [5.74, 6) is 0. The number of fused-ring (bicyclic) bond motifs is 6. The zero-order valence-electron chi connectivity index (χ0n) is 30.4. The predicted molar refractivity (Wildman–Crippen MR) is 238 cm³/mol. The lowest BCUT2D eigenvalue weighted by Gasteiger charge is -2.25. The van der Waals surface area contributed by atoms with Crippen LogP contribution in [-0.2, 0) is 0 Å². The van der Waals surface area contributed by atoms with Crippen molar-refractivity contribution in [3.8, 4) is 27.9 Å². The summed E-state index contributed by atoms with van der Waals surface area (Å²) in [6, 6.07) is 70.0. The molecule has 1 aliphatic heterocycles. The zero-order valence-corrected chi connectivity index (χ0v) is 31.2. The molecule has 1 unspecified atom stereocenters. The number of aliphatic imine (C=N–C) groups is 1. The van der Waals surface area contributed by atoms with E-state index in [0.29, 0.717) is 0 Å². The fourth-order valence-electron chi connectivity index (χ4n) is 8.25. The average Bonchev–Trinajstić information content (AvgIpc) is 3.81. The Hall–Kier alpha value is -7.01. The van der Waals surface area contributed by atoms with Crippen LogP contribution in [0.1, 0.15) is 22.9 Å². The van der Waals surface area contributed by atoms with E-state index in [4.69, 9.17) is 4.99 Å². The van der Waals surface area contributed by atoms with E-state index in [1.807, 2.05) is 11.3 Å². The lowest BCUT2D eigenvalue weighted by molar-refractivity contribution is 0.664. The molecular formula is C52H35N3S. The molecule has 0 amide bonds. The number of hydrogen-bond donors (Lipinski definition) is 1. The Labute approximate surface area is 329 Å². The Kier molecular flexibility index (Phi) is 7.75. The number of benzene rings is 8. The number of allylic oxidation sites excluding steroid dienone is 1. The fraction of sp³-hybridized carbons (Fsp3) is 0.0192. The summed E-state index contributed by atoms with van der Waals surface area (Å²) in [4.78, 5) is 5.39. The van der Waals surface area contributed by atoms with E-state index in [1.165, 1.54) is 58.7 Å². The van der Waals surface area contributed by atoms with Crippen LogP contribution < -0.4 is 5.32 Å². The predicted octanol–water partition coefficient (Wildman–Crippen LogP) is 13.6. The first-order valence-corrected chi connectivity index (χ1v) is 19.9. The van der Waals surface area contributed by atoms with E-state index in [2.05, 4.69) is 210 Å². The molecular weight excluding hydrogens is 699 g/mol. The van der Waals surface area contributed by atoms with E-state index in [1.54, 1.807) is 0 Å². The molecule has 0 saturated carbocycles. The molecule has 0 fully saturated rings. The maximum atomic E-state index is 5.39. The largest absolute Gasteiger partial charge is 0.360 e. The van der Waals surface area contributed by atoms with Gasteiger partial charge in [0.1, 0.15) is 6.17 Å². The summed E-state index contributed by atoms with van der Waals surface area (Å²) < 4.78 is 5.03. The topological polar surface area (TPSA) is 29.3 Å². The minimum Gasteiger partial charge on any atom is -0.360 e. The van der Waals surface area contributed by atoms with Gasteiger partial charge >= 0.3 is 0 Å². The normalized spacial score (nSPS) is 14.2. The van der Waals surface area contributed by atoms with Crippen molar-refractivity contribution < 1.29 is 0 Å². The van der Waals surface area contributed by atoms with E-state index in [-0.39, 0.29) is 6.17 Å². The number of aromatic nitrogens is 1. The van der Waals surface area contributed by atoms with Gasteiger partial charge in [0, 0.05) is 47.9 Å². The quantitative estimate of drug-likeness (QED) is 0.181. The van der Waals surface area contributed by atoms with Crippen LogP contribution in [0.15, 0.2) is 205 Å². The molecule has 0 saturated heterocycles. The third kappa shape index (κ3) is 5.62. The van der Waals surface area contributed by atoms with Gasteiger partial charge in [0.2, 0.25) is 0 Å². The molecule has 10 aromatic rings. The van der Waals surface area contributed by atoms with Crippen molar-refractivity contribution in [1.29, 1.82) is 0 Å². The molecule has 56 heavy (non-hydrogen) atoms. The van der Waals surface area contributed by atoms with Crippen LogP contribution in [0.2, 0.25) is 0 Å². The number of thiophene rings is 1. The highest BCUT2D eigenvalue weighted by molar-refractivity contribution is 7.25. The molecule has 264 valence electrons. The first-order chi connectivity index (χ1) is 27.7. The highest BCUT2D eigenvalue weighted by Crippen LogP contribution is 2.40. The van der Waals surface area contributed by atoms with Gasteiger partial charge in [0.05, 0.1) is 16.7 Å². The van der Waals surface area contributed by atoms with Crippen LogP contribution in [0.4, 0.5) is 0 Å². The Morgan fingerprint density at radius 3 is 1.75 bits per heavy atom. The second-order valence-corrected chi connectivity index (χ2v) is 15.5. The number of nitrogens with one attached hydrogen (secondary N) is 1. The highest BCUT2D eigenvalue weighted by Gasteiger charge is 2.21. The molecule has 4 heteroatoms. The molecule has 2 aromatic heterocycles. The molecule has 11 rings (SSSR count). The third-order valence-corrected chi connectivity index (χ3v) is 12.2. The second-order valence-electron chi connectivity index (χ2n) is 14.4. The molecule has 3 heterocycles. The van der Waals surface area contributed by atoms with Crippen molar-refractivity contribution in [3.63, 3.8) is 0 Å². The van der Waals surface area contributed by atoms with Crippen LogP contribution in [0.25, 0.3) is 75.6 Å². The van der Waals surface area contributed by atoms with E-state index in [0.717, 1.165) is 39.3 Å². The van der Waals surface area contributed by atoms with Gasteiger partial charge in [-0.1, -0.05) is 152 Å². The van der Waals surface area contributed by atoms with E-state index < -0.39 is 0 Å². The molecule has 3 nitrogen and oxygen atoms in total. The van der Waals surface area contributed by atoms with Crippen LogP contribution >= 0.6 is 11.3 Å². The van der Waals surface area contributed by atoms with Gasteiger partial charge in [0.15, 0.2) is 0 Å². The molecule has 0 radical (unpaired) electrons. The SMILES string of the molecule is C1=C(c2ccccc2)NC(c2ccc(-c3ccccc3)cc2)N=C1c1ccc2c3ccccc3n(-c3ccc4sc5ccc(-c6ccccc6)cc5c4c3)c2c1. The van der Waals surface area contributed by atoms with Crippen LogP contribution in [0, 0.1) is 0 Å². The van der Waals surface area contributed by atoms with Crippen molar-refractivity contribution in [2.24, 2.45) is 4.99 Å². The van der Waals surface area contributed by atoms with Gasteiger partial charge in [-0.2, -0.15) is 0 Å². The van der Waals surface area contributed by atoms with Crippen molar-refractivity contribution in [1.82, 2.24) is 9.88 Å². The molecule has 0 bridgehead atoms. The second kappa shape index (κ2) is 13.4. The maximum Gasteiger partial charge on any atom is 0.145 e. The molecule has 0 spiro atoms. The van der Waals surface area contributed by atoms with Crippen molar-refractivity contribution in [2.75, 3.05) is 0 Å². The van der Waals surface area contributed by atoms with Crippen molar-refractivity contribution in [3.05, 3.63) is 217 Å². The molecule has 1 atom stereocenters. The summed E-state index contributed by atoms with van der Waals surface area (Å²) in [7, 11) is 0. The van der Waals surface area contributed by atoms with Gasteiger partial charge < -0.3 is 9.88 Å². The highest BCUT2D eigenvalue weighted by atomic mass is 32.1. The van der Waals surface area contributed by atoms with Crippen LogP contribution in [-0.4, -0.2) is 10.3 Å². The Morgan fingerprint density at radius 1 is 0.429 bits per heavy atom. The summed E-state index contributed by atoms with van der Waals surface area (Å²) in [6.07, 6.45) is 1.96. The number of hydrogen-bond acceptors (Lipinski definition) is 3. The number of rotatable bonds is 6. The van der Waals surface area contributed by atoms with Crippen LogP contribution in [0.3, 0.4) is 0 Å². The van der Waals surface area contributed by atoms with Gasteiger partial charge in [0.25, 0.3) is 0 Å². The molecule has 1 aliphatic rings. The van der Waals surface area contributed by atoms with Crippen LogP contribution in [0.5, 0.6) is 0 Å². The summed E-state index contributed by atoms with van der Waals surface area (Å²) in [6.45, 7) is 0. The molecule has 1 N–H and O–H groups in total. The van der Waals surface area contributed by atoms with E-state index >= 15 is 0 Å². The third-order valence-electron chi connectivity index (χ3n) is 11.0. The Bertz CT molecular complexity index is 3140. The average molecular weight is 734 g/mol. The molecule has 0 aliphatic carbocycles. The lowest BCUT2D eigenvalue weighted by Crippen LogP contribution is -2.24. The van der Waals surface area contributed by atoms with Crippen molar-refractivity contribution in [2.45, 2.75) is 6.17 Å². The standard InChI is InChI=1S/C52H35N3S/c1-4-12-34(13-5-1)36-20-22-38(23-21-36)52-53-46(37-16-8-3-9-17-37)33-47(54-52)40-24-27-43-42-18-10-11-19-48(42)55(49(43)31-40)41-26-29-51-45(32-41)44-30-39(25-28-50(44)56-51)35-14-6-2-7-15-35/h1-33,52-53H. The first kappa shape index (κ1) is 32.4. The Balaban J connectivity index is 1.06. The zero-order chi connectivity index (χ0) is 37.0. The first-order valence-electron chi connectivity index (χ1n) is 19.1. The Morgan fingerprint density at radius 2 is 1.00 bits per heavy atom. The molecule has 8 aromatic carbocycles. The maximum absolute atomic E-state index is 5.39. The lowest BCUT2D eigenvalue weighted by atomic mass is 9.99.